The number of hydrogen-bond donors (Lipinski definition) is 2. The van der Waals surface area contributed by atoms with E-state index >= 15 is 0 Å². The molecule has 8 heteroatoms. The Hall–Kier alpha value is -3.03. The van der Waals surface area contributed by atoms with Crippen molar-refractivity contribution in [2.75, 3.05) is 5.32 Å². The number of carbonyl (C=O) groups excluding carboxylic acids is 1. The van der Waals surface area contributed by atoms with Crippen LogP contribution >= 0.6 is 0 Å². The summed E-state index contributed by atoms with van der Waals surface area (Å²) in [5.74, 6) is -3.92. The molecule has 2 rings (SSSR count). The highest BCUT2D eigenvalue weighted by Crippen LogP contribution is 2.24. The van der Waals surface area contributed by atoms with Crippen LogP contribution in [0, 0.1) is 21.7 Å². The fraction of sp³-hybridized carbons (Fsp3) is 0. The van der Waals surface area contributed by atoms with Crippen molar-refractivity contribution in [1.82, 2.24) is 0 Å². The lowest BCUT2D eigenvalue weighted by Crippen LogP contribution is -2.14. The van der Waals surface area contributed by atoms with E-state index in [2.05, 4.69) is 5.32 Å². The number of halogens is 2. The van der Waals surface area contributed by atoms with Crippen LogP contribution < -0.4 is 5.32 Å². The van der Waals surface area contributed by atoms with E-state index in [4.69, 9.17) is 0 Å². The molecule has 0 fully saturated rings. The number of nitrogens with zero attached hydrogens (tertiary/aromatic N) is 1. The number of amides is 1. The molecule has 6 nitrogen and oxygen atoms in total. The van der Waals surface area contributed by atoms with Crippen molar-refractivity contribution in [3.05, 3.63) is 63.7 Å². The smallest absolute Gasteiger partial charge is 0.285 e. The Morgan fingerprint density at radius 1 is 1.19 bits per heavy atom. The Morgan fingerprint density at radius 3 is 2.48 bits per heavy atom. The zero-order valence-electron chi connectivity index (χ0n) is 10.3. The summed E-state index contributed by atoms with van der Waals surface area (Å²) in [6, 6.07) is 6.20. The molecule has 2 aromatic carbocycles. The predicted molar refractivity (Wildman–Crippen MR) is 69.1 cm³/mol. The molecule has 0 saturated heterocycles. The van der Waals surface area contributed by atoms with Crippen molar-refractivity contribution < 1.29 is 23.6 Å². The van der Waals surface area contributed by atoms with E-state index in [9.17, 15) is 28.8 Å². The molecule has 0 unspecified atom stereocenters. The number of nitro benzene ring substituents is 1. The molecule has 0 spiro atoms. The number of anilines is 1. The molecule has 108 valence electrons. The number of aromatic hydroxyl groups is 1. The van der Waals surface area contributed by atoms with Gasteiger partial charge in [0.1, 0.15) is 11.3 Å². The quantitative estimate of drug-likeness (QED) is 0.672. The monoisotopic (exact) mass is 294 g/mol. The molecule has 0 atom stereocenters. The molecule has 0 aliphatic carbocycles. The Morgan fingerprint density at radius 2 is 1.86 bits per heavy atom. The van der Waals surface area contributed by atoms with Crippen LogP contribution in [0.25, 0.3) is 0 Å². The van der Waals surface area contributed by atoms with Gasteiger partial charge in [-0.15, -0.1) is 0 Å². The van der Waals surface area contributed by atoms with Crippen molar-refractivity contribution in [2.45, 2.75) is 0 Å². The molecule has 0 bridgehead atoms. The predicted octanol–water partition coefficient (Wildman–Crippen LogP) is 2.83. The maximum atomic E-state index is 13.2. The lowest BCUT2D eigenvalue weighted by Gasteiger charge is -2.06. The molecule has 0 aliphatic heterocycles. The van der Waals surface area contributed by atoms with Crippen molar-refractivity contribution in [3.8, 4) is 5.75 Å². The Labute approximate surface area is 116 Å². The van der Waals surface area contributed by atoms with E-state index in [1.54, 1.807) is 0 Å². The molecule has 2 aromatic rings. The highest BCUT2D eigenvalue weighted by atomic mass is 19.2. The van der Waals surface area contributed by atoms with Crippen LogP contribution in [0.15, 0.2) is 36.4 Å². The molecule has 0 aliphatic rings. The van der Waals surface area contributed by atoms with E-state index in [0.29, 0.717) is 12.1 Å². The first kappa shape index (κ1) is 14.4. The number of phenols is 1. The molecule has 0 heterocycles. The maximum absolute atomic E-state index is 13.2. The maximum Gasteiger partial charge on any atom is 0.285 e. The second-order valence-corrected chi connectivity index (χ2v) is 4.05. The number of rotatable bonds is 3. The van der Waals surface area contributed by atoms with Crippen LogP contribution in [0.5, 0.6) is 5.75 Å². The van der Waals surface area contributed by atoms with Crippen LogP contribution in [0.4, 0.5) is 20.2 Å². The van der Waals surface area contributed by atoms with Gasteiger partial charge in [0.05, 0.1) is 11.0 Å². The van der Waals surface area contributed by atoms with Gasteiger partial charge in [-0.1, -0.05) is 6.07 Å². The van der Waals surface area contributed by atoms with Crippen LogP contribution in [0.1, 0.15) is 10.4 Å². The summed E-state index contributed by atoms with van der Waals surface area (Å²) < 4.78 is 26.2. The normalized spacial score (nSPS) is 10.2. The van der Waals surface area contributed by atoms with Crippen LogP contribution in [0.2, 0.25) is 0 Å². The van der Waals surface area contributed by atoms with Gasteiger partial charge in [0.2, 0.25) is 0 Å². The van der Waals surface area contributed by atoms with Gasteiger partial charge in [0.15, 0.2) is 11.6 Å². The van der Waals surface area contributed by atoms with Crippen molar-refractivity contribution >= 4 is 17.3 Å². The van der Waals surface area contributed by atoms with E-state index in [1.165, 1.54) is 24.3 Å². The largest absolute Gasteiger partial charge is 0.508 e. The van der Waals surface area contributed by atoms with Gasteiger partial charge in [-0.3, -0.25) is 14.9 Å². The topological polar surface area (TPSA) is 92.5 Å². The molecular weight excluding hydrogens is 286 g/mol. The minimum atomic E-state index is -1.42. The lowest BCUT2D eigenvalue weighted by molar-refractivity contribution is -0.385. The first-order valence-corrected chi connectivity index (χ1v) is 5.62. The van der Waals surface area contributed by atoms with Crippen LogP contribution in [-0.2, 0) is 0 Å². The minimum absolute atomic E-state index is 0.132. The average Bonchev–Trinajstić information content (AvgIpc) is 2.41. The number of nitrogens with one attached hydrogen (secondary N) is 1. The Kier molecular flexibility index (Phi) is 3.79. The fourth-order valence-corrected chi connectivity index (χ4v) is 1.65. The summed E-state index contributed by atoms with van der Waals surface area (Å²) in [7, 11) is 0. The fourth-order valence-electron chi connectivity index (χ4n) is 1.65. The summed E-state index contributed by atoms with van der Waals surface area (Å²) in [6.07, 6.45) is 0. The first-order valence-electron chi connectivity index (χ1n) is 5.62. The van der Waals surface area contributed by atoms with E-state index in [-0.39, 0.29) is 11.4 Å². The number of hydrogen-bond acceptors (Lipinski definition) is 4. The lowest BCUT2D eigenvalue weighted by atomic mass is 10.1. The van der Waals surface area contributed by atoms with Crippen molar-refractivity contribution in [3.63, 3.8) is 0 Å². The molecule has 2 N–H and O–H groups in total. The minimum Gasteiger partial charge on any atom is -0.508 e. The molecule has 1 amide bonds. The van der Waals surface area contributed by atoms with Crippen molar-refractivity contribution in [2.24, 2.45) is 0 Å². The zero-order valence-corrected chi connectivity index (χ0v) is 10.3. The second-order valence-electron chi connectivity index (χ2n) is 4.05. The van der Waals surface area contributed by atoms with Gasteiger partial charge in [0.25, 0.3) is 11.6 Å². The summed E-state index contributed by atoms with van der Waals surface area (Å²) in [4.78, 5) is 21.7. The first-order chi connectivity index (χ1) is 9.88. The standard InChI is InChI=1S/C13H8F2N2O4/c14-10-5-9(12(17(20)21)6-11(10)15)13(19)16-7-2-1-3-8(18)4-7/h1-6,18H,(H,16,19). The molecule has 0 saturated carbocycles. The Bertz CT molecular complexity index is 734. The number of carbonyl (C=O) groups is 1. The highest BCUT2D eigenvalue weighted by molar-refractivity contribution is 6.07. The van der Waals surface area contributed by atoms with E-state index < -0.39 is 33.7 Å². The summed E-state index contributed by atoms with van der Waals surface area (Å²) in [5, 5.41) is 22.3. The molecular formula is C13H8F2N2O4. The molecule has 0 aromatic heterocycles. The van der Waals surface area contributed by atoms with Gasteiger partial charge < -0.3 is 10.4 Å². The highest BCUT2D eigenvalue weighted by Gasteiger charge is 2.24. The molecule has 0 radical (unpaired) electrons. The third-order valence-electron chi connectivity index (χ3n) is 2.58. The van der Waals surface area contributed by atoms with Crippen molar-refractivity contribution in [1.29, 1.82) is 0 Å². The summed E-state index contributed by atoms with van der Waals surface area (Å²) in [6.45, 7) is 0. The Balaban J connectivity index is 2.39. The number of phenolic OH excluding ortho intramolecular Hbond substituents is 1. The summed E-state index contributed by atoms with van der Waals surface area (Å²) >= 11 is 0. The van der Waals surface area contributed by atoms with Crippen LogP contribution in [-0.4, -0.2) is 15.9 Å². The third-order valence-corrected chi connectivity index (χ3v) is 2.58. The number of nitro groups is 1. The van der Waals surface area contributed by atoms with E-state index in [0.717, 1.165) is 0 Å². The summed E-state index contributed by atoms with van der Waals surface area (Å²) in [5.41, 5.74) is -1.33. The average molecular weight is 294 g/mol. The number of benzene rings is 2. The SMILES string of the molecule is O=C(Nc1cccc(O)c1)c1cc(F)c(F)cc1[N+](=O)[O-]. The van der Waals surface area contributed by atoms with E-state index in [1.807, 2.05) is 0 Å². The van der Waals surface area contributed by atoms with Crippen LogP contribution in [0.3, 0.4) is 0 Å². The molecule has 21 heavy (non-hydrogen) atoms. The van der Waals surface area contributed by atoms with Gasteiger partial charge in [-0.05, 0) is 18.2 Å². The van der Waals surface area contributed by atoms with Gasteiger partial charge in [-0.25, -0.2) is 8.78 Å². The van der Waals surface area contributed by atoms with Gasteiger partial charge in [0, 0.05) is 11.8 Å². The zero-order chi connectivity index (χ0) is 15.6. The van der Waals surface area contributed by atoms with Gasteiger partial charge in [-0.2, -0.15) is 0 Å². The third kappa shape index (κ3) is 3.11. The van der Waals surface area contributed by atoms with Gasteiger partial charge >= 0.3 is 0 Å². The second kappa shape index (κ2) is 5.53.